The summed E-state index contributed by atoms with van der Waals surface area (Å²) in [6.45, 7) is 9.46. The van der Waals surface area contributed by atoms with Gasteiger partial charge in [0, 0.05) is 50.3 Å². The molecule has 6 nitrogen and oxygen atoms in total. The summed E-state index contributed by atoms with van der Waals surface area (Å²) in [5, 5.41) is 9.51. The van der Waals surface area contributed by atoms with Crippen molar-refractivity contribution in [3.05, 3.63) is 47.5 Å². The number of amides is 1. The van der Waals surface area contributed by atoms with Gasteiger partial charge in [-0.15, -0.1) is 0 Å². The second kappa shape index (κ2) is 7.37. The number of hydrogen-bond acceptors (Lipinski definition) is 4. The number of carbonyl (C=O) groups is 1. The summed E-state index contributed by atoms with van der Waals surface area (Å²) < 4.78 is 2.07. The summed E-state index contributed by atoms with van der Waals surface area (Å²) in [4.78, 5) is 21.3. The van der Waals surface area contributed by atoms with Gasteiger partial charge in [0.25, 0.3) is 5.91 Å². The largest absolute Gasteiger partial charge is 0.392 e. The summed E-state index contributed by atoms with van der Waals surface area (Å²) >= 11 is 0. The van der Waals surface area contributed by atoms with E-state index in [0.717, 1.165) is 35.7 Å². The summed E-state index contributed by atoms with van der Waals surface area (Å²) in [6.07, 6.45) is 3.22. The zero-order valence-electron chi connectivity index (χ0n) is 15.1. The topological polar surface area (TPSA) is 61.6 Å². The van der Waals surface area contributed by atoms with E-state index in [1.54, 1.807) is 13.1 Å². The highest BCUT2D eigenvalue weighted by Gasteiger charge is 2.25. The molecule has 0 aromatic carbocycles. The van der Waals surface area contributed by atoms with Gasteiger partial charge in [0.05, 0.1) is 23.6 Å². The second-order valence-electron chi connectivity index (χ2n) is 6.77. The number of aliphatic hydroxyl groups excluding tert-OH is 1. The van der Waals surface area contributed by atoms with Gasteiger partial charge in [-0.3, -0.25) is 14.7 Å². The predicted octanol–water partition coefficient (Wildman–Crippen LogP) is 1.63. The molecule has 0 unspecified atom stereocenters. The second-order valence-corrected chi connectivity index (χ2v) is 6.77. The molecule has 1 saturated heterocycles. The quantitative estimate of drug-likeness (QED) is 0.917. The van der Waals surface area contributed by atoms with Crippen LogP contribution in [0.2, 0.25) is 0 Å². The first-order valence-corrected chi connectivity index (χ1v) is 8.76. The number of rotatable bonds is 4. The van der Waals surface area contributed by atoms with E-state index in [2.05, 4.69) is 14.5 Å². The fourth-order valence-electron chi connectivity index (χ4n) is 3.54. The number of aromatic nitrogens is 2. The highest BCUT2D eigenvalue weighted by molar-refractivity contribution is 5.96. The van der Waals surface area contributed by atoms with Crippen molar-refractivity contribution in [2.45, 2.75) is 26.9 Å². The van der Waals surface area contributed by atoms with Crippen LogP contribution in [0.3, 0.4) is 0 Å². The highest BCUT2D eigenvalue weighted by atomic mass is 16.3. The van der Waals surface area contributed by atoms with Crippen LogP contribution in [-0.4, -0.2) is 69.2 Å². The first-order valence-electron chi connectivity index (χ1n) is 8.76. The molecule has 6 heteroatoms. The molecule has 134 valence electrons. The summed E-state index contributed by atoms with van der Waals surface area (Å²) in [5.41, 5.74) is 3.70. The van der Waals surface area contributed by atoms with Crippen molar-refractivity contribution in [2.24, 2.45) is 0 Å². The molecule has 0 saturated carbocycles. The van der Waals surface area contributed by atoms with Crippen molar-refractivity contribution in [3.8, 4) is 5.69 Å². The first kappa shape index (κ1) is 17.6. The molecule has 1 fully saturated rings. The Morgan fingerprint density at radius 2 is 2.00 bits per heavy atom. The fourth-order valence-corrected chi connectivity index (χ4v) is 3.54. The van der Waals surface area contributed by atoms with Crippen molar-refractivity contribution in [2.75, 3.05) is 32.7 Å². The van der Waals surface area contributed by atoms with Gasteiger partial charge < -0.3 is 14.6 Å². The molecular formula is C19H26N4O2. The number of hydrogen-bond donors (Lipinski definition) is 1. The molecule has 1 amide bonds. The number of carbonyl (C=O) groups excluding carboxylic acids is 1. The van der Waals surface area contributed by atoms with E-state index >= 15 is 0 Å². The van der Waals surface area contributed by atoms with Crippen molar-refractivity contribution in [1.29, 1.82) is 0 Å². The molecule has 2 aromatic rings. The van der Waals surface area contributed by atoms with E-state index in [4.69, 9.17) is 0 Å². The first-order chi connectivity index (χ1) is 12.0. The molecule has 2 aromatic heterocycles. The van der Waals surface area contributed by atoms with Crippen LogP contribution in [0.15, 0.2) is 30.6 Å². The third-order valence-electron chi connectivity index (χ3n) is 4.75. The van der Waals surface area contributed by atoms with Crippen molar-refractivity contribution >= 4 is 5.91 Å². The maximum atomic E-state index is 13.0. The molecule has 1 N–H and O–H groups in total. The van der Waals surface area contributed by atoms with Crippen LogP contribution in [0.1, 0.15) is 28.7 Å². The van der Waals surface area contributed by atoms with Gasteiger partial charge in [-0.2, -0.15) is 0 Å². The van der Waals surface area contributed by atoms with Crippen LogP contribution in [0.5, 0.6) is 0 Å². The lowest BCUT2D eigenvalue weighted by Gasteiger charge is -2.35. The molecule has 0 radical (unpaired) electrons. The predicted molar refractivity (Wildman–Crippen MR) is 97.1 cm³/mol. The summed E-state index contributed by atoms with van der Waals surface area (Å²) in [5.74, 6) is 0.0833. The third kappa shape index (κ3) is 3.75. The molecule has 0 bridgehead atoms. The monoisotopic (exact) mass is 342 g/mol. The summed E-state index contributed by atoms with van der Waals surface area (Å²) in [7, 11) is 0. The van der Waals surface area contributed by atoms with Gasteiger partial charge in [-0.25, -0.2) is 0 Å². The van der Waals surface area contributed by atoms with Gasteiger partial charge in [0.15, 0.2) is 0 Å². The Bertz CT molecular complexity index is 731. The molecule has 1 aliphatic heterocycles. The van der Waals surface area contributed by atoms with E-state index < -0.39 is 0 Å². The van der Waals surface area contributed by atoms with Crippen molar-refractivity contribution in [1.82, 2.24) is 19.4 Å². The zero-order valence-corrected chi connectivity index (χ0v) is 15.1. The number of β-amino-alcohol motifs (C(OH)–C–C–N with tert-alkyl or cyclic N) is 1. The van der Waals surface area contributed by atoms with Crippen LogP contribution < -0.4 is 0 Å². The van der Waals surface area contributed by atoms with Gasteiger partial charge in [0.1, 0.15) is 0 Å². The number of piperazine rings is 1. The van der Waals surface area contributed by atoms with Crippen LogP contribution in [0.25, 0.3) is 5.69 Å². The lowest BCUT2D eigenvalue weighted by molar-refractivity contribution is 0.0553. The van der Waals surface area contributed by atoms with Crippen molar-refractivity contribution < 1.29 is 9.90 Å². The Morgan fingerprint density at radius 1 is 1.28 bits per heavy atom. The molecule has 1 aliphatic rings. The molecular weight excluding hydrogens is 316 g/mol. The highest BCUT2D eigenvalue weighted by Crippen LogP contribution is 2.22. The fraction of sp³-hybridized carbons (Fsp3) is 0.474. The minimum Gasteiger partial charge on any atom is -0.392 e. The van der Waals surface area contributed by atoms with Crippen LogP contribution in [0, 0.1) is 13.8 Å². The van der Waals surface area contributed by atoms with E-state index in [9.17, 15) is 9.90 Å². The molecule has 3 heterocycles. The Balaban J connectivity index is 1.76. The number of nitrogens with zero attached hydrogens (tertiary/aromatic N) is 4. The number of aliphatic hydroxyl groups is 1. The standard InChI is InChI=1S/C19H26N4O2/c1-14-11-18(16(3)23(14)17-5-4-6-20-12-17)19(25)22-9-7-21(8-10-22)13-15(2)24/h4-6,11-12,15,24H,7-10,13H2,1-3H3/t15-/m1/s1. The van der Waals surface area contributed by atoms with Gasteiger partial charge in [-0.05, 0) is 39.0 Å². The molecule has 1 atom stereocenters. The normalized spacial score (nSPS) is 16.9. The van der Waals surface area contributed by atoms with Crippen LogP contribution >= 0.6 is 0 Å². The van der Waals surface area contributed by atoms with E-state index in [1.165, 1.54) is 0 Å². The SMILES string of the molecule is Cc1cc(C(=O)N2CCN(C[C@@H](C)O)CC2)c(C)n1-c1cccnc1. The minimum absolute atomic E-state index is 0.0833. The van der Waals surface area contributed by atoms with E-state index in [-0.39, 0.29) is 12.0 Å². The average Bonchev–Trinajstić information content (AvgIpc) is 2.89. The third-order valence-corrected chi connectivity index (χ3v) is 4.75. The van der Waals surface area contributed by atoms with Gasteiger partial charge >= 0.3 is 0 Å². The summed E-state index contributed by atoms with van der Waals surface area (Å²) in [6, 6.07) is 5.86. The van der Waals surface area contributed by atoms with Crippen LogP contribution in [0.4, 0.5) is 0 Å². The maximum absolute atomic E-state index is 13.0. The van der Waals surface area contributed by atoms with Gasteiger partial charge in [0.2, 0.25) is 0 Å². The van der Waals surface area contributed by atoms with Crippen LogP contribution in [-0.2, 0) is 0 Å². The Kier molecular flexibility index (Phi) is 5.20. The maximum Gasteiger partial charge on any atom is 0.255 e. The Labute approximate surface area is 148 Å². The van der Waals surface area contributed by atoms with Crippen molar-refractivity contribution in [3.63, 3.8) is 0 Å². The smallest absolute Gasteiger partial charge is 0.255 e. The minimum atomic E-state index is -0.333. The molecule has 25 heavy (non-hydrogen) atoms. The Hall–Kier alpha value is -2.18. The van der Waals surface area contributed by atoms with Gasteiger partial charge in [-0.1, -0.05) is 0 Å². The number of pyridine rings is 1. The number of aryl methyl sites for hydroxylation is 1. The Morgan fingerprint density at radius 3 is 2.60 bits per heavy atom. The average molecular weight is 342 g/mol. The van der Waals surface area contributed by atoms with E-state index in [0.29, 0.717) is 19.6 Å². The lowest BCUT2D eigenvalue weighted by atomic mass is 10.2. The van der Waals surface area contributed by atoms with E-state index in [1.807, 2.05) is 43.1 Å². The molecule has 3 rings (SSSR count). The lowest BCUT2D eigenvalue weighted by Crippen LogP contribution is -2.50. The zero-order chi connectivity index (χ0) is 18.0. The molecule has 0 aliphatic carbocycles. The molecule has 0 spiro atoms.